The molecule has 0 fully saturated rings. The highest BCUT2D eigenvalue weighted by molar-refractivity contribution is 5.92. The fraction of sp³-hybridized carbons (Fsp3) is 0.333. The SMILES string of the molecule is CCOc1cc(-c2nnn(CC(=O)Nc3c(C)cc(C)cc3C)n2)ccc1OC. The van der Waals surface area contributed by atoms with Crippen molar-refractivity contribution in [2.75, 3.05) is 19.0 Å². The van der Waals surface area contributed by atoms with Gasteiger partial charge in [0.1, 0.15) is 6.54 Å². The molecular formula is C21H25N5O3. The van der Waals surface area contributed by atoms with Gasteiger partial charge < -0.3 is 14.8 Å². The van der Waals surface area contributed by atoms with Gasteiger partial charge in [-0.05, 0) is 62.2 Å². The first kappa shape index (κ1) is 20.3. The summed E-state index contributed by atoms with van der Waals surface area (Å²) in [6.45, 7) is 8.35. The summed E-state index contributed by atoms with van der Waals surface area (Å²) in [6.07, 6.45) is 0. The van der Waals surface area contributed by atoms with E-state index in [1.807, 2.05) is 45.9 Å². The van der Waals surface area contributed by atoms with Gasteiger partial charge in [-0.2, -0.15) is 4.80 Å². The van der Waals surface area contributed by atoms with Crippen LogP contribution in [0.1, 0.15) is 23.6 Å². The molecule has 0 atom stereocenters. The second-order valence-corrected chi connectivity index (χ2v) is 6.76. The quantitative estimate of drug-likeness (QED) is 0.660. The number of anilines is 1. The summed E-state index contributed by atoms with van der Waals surface area (Å²) in [7, 11) is 1.59. The molecule has 1 N–H and O–H groups in total. The Labute approximate surface area is 169 Å². The van der Waals surface area contributed by atoms with Crippen LogP contribution in [0.4, 0.5) is 5.69 Å². The highest BCUT2D eigenvalue weighted by Gasteiger charge is 2.14. The summed E-state index contributed by atoms with van der Waals surface area (Å²) in [4.78, 5) is 13.7. The van der Waals surface area contributed by atoms with E-state index in [1.165, 1.54) is 4.80 Å². The lowest BCUT2D eigenvalue weighted by Gasteiger charge is -2.12. The molecular weight excluding hydrogens is 370 g/mol. The number of benzene rings is 2. The lowest BCUT2D eigenvalue weighted by Crippen LogP contribution is -2.21. The van der Waals surface area contributed by atoms with Crippen LogP contribution in [-0.4, -0.2) is 39.8 Å². The number of carbonyl (C=O) groups excluding carboxylic acids is 1. The smallest absolute Gasteiger partial charge is 0.248 e. The van der Waals surface area contributed by atoms with Crippen LogP contribution in [0, 0.1) is 20.8 Å². The monoisotopic (exact) mass is 395 g/mol. The molecule has 2 aromatic carbocycles. The van der Waals surface area contributed by atoms with Gasteiger partial charge in [-0.1, -0.05) is 17.7 Å². The van der Waals surface area contributed by atoms with Gasteiger partial charge in [-0.25, -0.2) is 0 Å². The lowest BCUT2D eigenvalue weighted by atomic mass is 10.1. The summed E-state index contributed by atoms with van der Waals surface area (Å²) in [5, 5.41) is 15.3. The Balaban J connectivity index is 1.74. The maximum atomic E-state index is 12.5. The molecule has 3 rings (SSSR count). The van der Waals surface area contributed by atoms with Crippen molar-refractivity contribution in [2.45, 2.75) is 34.2 Å². The molecule has 1 heterocycles. The predicted molar refractivity (Wildman–Crippen MR) is 110 cm³/mol. The fourth-order valence-corrected chi connectivity index (χ4v) is 3.19. The van der Waals surface area contributed by atoms with E-state index in [2.05, 4.69) is 20.7 Å². The number of amides is 1. The number of methoxy groups -OCH3 is 1. The molecule has 8 heteroatoms. The van der Waals surface area contributed by atoms with Gasteiger partial charge in [0.25, 0.3) is 0 Å². The Hall–Kier alpha value is -3.42. The summed E-state index contributed by atoms with van der Waals surface area (Å²) in [5.41, 5.74) is 4.74. The van der Waals surface area contributed by atoms with Crippen molar-refractivity contribution in [2.24, 2.45) is 0 Å². The number of nitrogens with zero attached hydrogens (tertiary/aromatic N) is 4. The van der Waals surface area contributed by atoms with Crippen molar-refractivity contribution in [1.29, 1.82) is 0 Å². The Morgan fingerprint density at radius 3 is 2.48 bits per heavy atom. The Kier molecular flexibility index (Phi) is 6.11. The number of aryl methyl sites for hydroxylation is 3. The highest BCUT2D eigenvalue weighted by Crippen LogP contribution is 2.31. The number of nitrogens with one attached hydrogen (secondary N) is 1. The van der Waals surface area contributed by atoms with E-state index >= 15 is 0 Å². The zero-order chi connectivity index (χ0) is 21.0. The van der Waals surface area contributed by atoms with Gasteiger partial charge >= 0.3 is 0 Å². The van der Waals surface area contributed by atoms with Crippen molar-refractivity contribution in [3.8, 4) is 22.9 Å². The first-order valence-corrected chi connectivity index (χ1v) is 9.38. The molecule has 1 aromatic heterocycles. The largest absolute Gasteiger partial charge is 0.493 e. The van der Waals surface area contributed by atoms with Gasteiger partial charge in [-0.15, -0.1) is 10.2 Å². The maximum absolute atomic E-state index is 12.5. The average Bonchev–Trinajstić information content (AvgIpc) is 3.13. The number of tetrazole rings is 1. The number of carbonyl (C=O) groups is 1. The van der Waals surface area contributed by atoms with Gasteiger partial charge in [0.15, 0.2) is 11.5 Å². The molecule has 3 aromatic rings. The third kappa shape index (κ3) is 4.71. The van der Waals surface area contributed by atoms with Crippen LogP contribution < -0.4 is 14.8 Å². The van der Waals surface area contributed by atoms with Crippen molar-refractivity contribution in [3.05, 3.63) is 47.0 Å². The Morgan fingerprint density at radius 2 is 1.83 bits per heavy atom. The number of hydrogen-bond donors (Lipinski definition) is 1. The number of ether oxygens (including phenoxy) is 2. The molecule has 0 saturated heterocycles. The van der Waals surface area contributed by atoms with Gasteiger partial charge in [0.2, 0.25) is 11.7 Å². The van der Waals surface area contributed by atoms with Crippen LogP contribution >= 0.6 is 0 Å². The third-order valence-corrected chi connectivity index (χ3v) is 4.40. The molecule has 0 unspecified atom stereocenters. The molecule has 0 saturated carbocycles. The van der Waals surface area contributed by atoms with Gasteiger partial charge in [0.05, 0.1) is 13.7 Å². The first-order chi connectivity index (χ1) is 13.9. The normalized spacial score (nSPS) is 10.7. The van der Waals surface area contributed by atoms with Gasteiger partial charge in [-0.3, -0.25) is 4.79 Å². The average molecular weight is 395 g/mol. The van der Waals surface area contributed by atoms with Gasteiger partial charge in [0, 0.05) is 11.3 Å². The molecule has 1 amide bonds. The van der Waals surface area contributed by atoms with Crippen LogP contribution in [0.25, 0.3) is 11.4 Å². The number of aromatic nitrogens is 4. The molecule has 0 aliphatic rings. The highest BCUT2D eigenvalue weighted by atomic mass is 16.5. The topological polar surface area (TPSA) is 91.2 Å². The van der Waals surface area contributed by atoms with Crippen molar-refractivity contribution >= 4 is 11.6 Å². The summed E-state index contributed by atoms with van der Waals surface area (Å²) in [5.74, 6) is 1.43. The third-order valence-electron chi connectivity index (χ3n) is 4.40. The van der Waals surface area contributed by atoms with Crippen molar-refractivity contribution in [1.82, 2.24) is 20.2 Å². The first-order valence-electron chi connectivity index (χ1n) is 9.38. The minimum absolute atomic E-state index is 0.0335. The maximum Gasteiger partial charge on any atom is 0.248 e. The molecule has 152 valence electrons. The van der Waals surface area contributed by atoms with E-state index in [1.54, 1.807) is 19.2 Å². The van der Waals surface area contributed by atoms with E-state index in [0.717, 1.165) is 27.9 Å². The second-order valence-electron chi connectivity index (χ2n) is 6.76. The van der Waals surface area contributed by atoms with Crippen LogP contribution in [0.5, 0.6) is 11.5 Å². The van der Waals surface area contributed by atoms with Crippen molar-refractivity contribution in [3.63, 3.8) is 0 Å². The van der Waals surface area contributed by atoms with Crippen LogP contribution in [0.15, 0.2) is 30.3 Å². The van der Waals surface area contributed by atoms with Crippen LogP contribution in [-0.2, 0) is 11.3 Å². The van der Waals surface area contributed by atoms with Crippen LogP contribution in [0.3, 0.4) is 0 Å². The van der Waals surface area contributed by atoms with E-state index in [9.17, 15) is 4.79 Å². The molecule has 8 nitrogen and oxygen atoms in total. The minimum atomic E-state index is -0.214. The lowest BCUT2D eigenvalue weighted by molar-refractivity contribution is -0.117. The van der Waals surface area contributed by atoms with E-state index < -0.39 is 0 Å². The summed E-state index contributed by atoms with van der Waals surface area (Å²) in [6, 6.07) is 9.48. The fourth-order valence-electron chi connectivity index (χ4n) is 3.19. The standard InChI is InChI=1S/C21H25N5O3/c1-6-29-18-11-16(7-8-17(18)28-5)21-23-25-26(24-21)12-19(27)22-20-14(3)9-13(2)10-15(20)4/h7-11H,6,12H2,1-5H3,(H,22,27). The Morgan fingerprint density at radius 1 is 1.10 bits per heavy atom. The molecule has 29 heavy (non-hydrogen) atoms. The second kappa shape index (κ2) is 8.72. The van der Waals surface area contributed by atoms with E-state index in [0.29, 0.717) is 23.9 Å². The number of rotatable bonds is 7. The van der Waals surface area contributed by atoms with E-state index in [4.69, 9.17) is 9.47 Å². The molecule has 0 radical (unpaired) electrons. The minimum Gasteiger partial charge on any atom is -0.493 e. The summed E-state index contributed by atoms with van der Waals surface area (Å²) >= 11 is 0. The Bertz CT molecular complexity index is 1010. The molecule has 0 aliphatic carbocycles. The predicted octanol–water partition coefficient (Wildman–Crippen LogP) is 3.31. The van der Waals surface area contributed by atoms with Crippen LogP contribution in [0.2, 0.25) is 0 Å². The molecule has 0 aliphatic heterocycles. The van der Waals surface area contributed by atoms with E-state index in [-0.39, 0.29) is 12.5 Å². The molecule has 0 spiro atoms. The zero-order valence-electron chi connectivity index (χ0n) is 17.3. The summed E-state index contributed by atoms with van der Waals surface area (Å²) < 4.78 is 10.9. The van der Waals surface area contributed by atoms with Crippen molar-refractivity contribution < 1.29 is 14.3 Å². The molecule has 0 bridgehead atoms. The zero-order valence-corrected chi connectivity index (χ0v) is 17.3. The number of hydrogen-bond acceptors (Lipinski definition) is 6.